The van der Waals surface area contributed by atoms with Gasteiger partial charge in [-0.25, -0.2) is 8.42 Å². The third-order valence-electron chi connectivity index (χ3n) is 2.90. The number of rotatable bonds is 3. The molecule has 2 aromatic carbocycles. The molecule has 0 aliphatic heterocycles. The van der Waals surface area contributed by atoms with Crippen LogP contribution in [0.15, 0.2) is 53.4 Å². The highest BCUT2D eigenvalue weighted by Gasteiger charge is 2.23. The van der Waals surface area contributed by atoms with Gasteiger partial charge in [0, 0.05) is 7.05 Å². The minimum Gasteiger partial charge on any atom is -0.398 e. The van der Waals surface area contributed by atoms with Gasteiger partial charge in [0.1, 0.15) is 4.90 Å². The van der Waals surface area contributed by atoms with Crippen LogP contribution in [0, 0.1) is 11.3 Å². The lowest BCUT2D eigenvalue weighted by molar-refractivity contribution is 0.595. The second-order valence-corrected chi connectivity index (χ2v) is 6.11. The number of para-hydroxylation sites is 1. The summed E-state index contributed by atoms with van der Waals surface area (Å²) < 4.78 is 26.1. The third-order valence-corrected chi connectivity index (χ3v) is 4.76. The Morgan fingerprint density at radius 2 is 1.85 bits per heavy atom. The van der Waals surface area contributed by atoms with Crippen LogP contribution in [0.2, 0.25) is 0 Å². The molecular formula is C14H13N3O2S. The molecule has 2 aromatic rings. The first-order valence-electron chi connectivity index (χ1n) is 5.80. The van der Waals surface area contributed by atoms with Crippen molar-refractivity contribution in [1.29, 1.82) is 5.26 Å². The second-order valence-electron chi connectivity index (χ2n) is 4.17. The predicted molar refractivity (Wildman–Crippen MR) is 77.6 cm³/mol. The normalized spacial score (nSPS) is 10.8. The van der Waals surface area contributed by atoms with Crippen LogP contribution in [0.4, 0.5) is 11.4 Å². The van der Waals surface area contributed by atoms with Crippen LogP contribution in [-0.4, -0.2) is 15.5 Å². The van der Waals surface area contributed by atoms with E-state index in [0.717, 1.165) is 4.31 Å². The van der Waals surface area contributed by atoms with E-state index in [-0.39, 0.29) is 10.6 Å². The molecule has 6 heteroatoms. The zero-order valence-electron chi connectivity index (χ0n) is 10.8. The predicted octanol–water partition coefficient (Wildman–Crippen LogP) is 1.97. The zero-order chi connectivity index (χ0) is 14.8. The Bertz CT molecular complexity index is 779. The quantitative estimate of drug-likeness (QED) is 0.874. The van der Waals surface area contributed by atoms with Gasteiger partial charge in [0.05, 0.1) is 23.0 Å². The van der Waals surface area contributed by atoms with Crippen molar-refractivity contribution >= 4 is 21.4 Å². The molecule has 0 radical (unpaired) electrons. The molecule has 2 rings (SSSR count). The summed E-state index contributed by atoms with van der Waals surface area (Å²) in [6.45, 7) is 0. The van der Waals surface area contributed by atoms with Crippen molar-refractivity contribution in [3.63, 3.8) is 0 Å². The van der Waals surface area contributed by atoms with Crippen molar-refractivity contribution < 1.29 is 8.42 Å². The molecule has 2 N–H and O–H groups in total. The van der Waals surface area contributed by atoms with Crippen molar-refractivity contribution in [3.05, 3.63) is 54.1 Å². The molecule has 0 saturated heterocycles. The first-order valence-corrected chi connectivity index (χ1v) is 7.24. The van der Waals surface area contributed by atoms with Gasteiger partial charge in [0.25, 0.3) is 10.0 Å². The van der Waals surface area contributed by atoms with E-state index in [4.69, 9.17) is 11.0 Å². The molecule has 0 aliphatic rings. The lowest BCUT2D eigenvalue weighted by Crippen LogP contribution is -2.27. The number of nitriles is 1. The number of nitrogen functional groups attached to an aromatic ring is 1. The Hall–Kier alpha value is -2.52. The van der Waals surface area contributed by atoms with Gasteiger partial charge >= 0.3 is 0 Å². The van der Waals surface area contributed by atoms with Crippen molar-refractivity contribution in [1.82, 2.24) is 0 Å². The van der Waals surface area contributed by atoms with Gasteiger partial charge in [-0.05, 0) is 30.3 Å². The third kappa shape index (κ3) is 2.44. The van der Waals surface area contributed by atoms with E-state index in [9.17, 15) is 8.42 Å². The van der Waals surface area contributed by atoms with Crippen LogP contribution in [0.1, 0.15) is 5.56 Å². The van der Waals surface area contributed by atoms with Crippen molar-refractivity contribution in [2.45, 2.75) is 4.90 Å². The number of hydrogen-bond donors (Lipinski definition) is 1. The van der Waals surface area contributed by atoms with E-state index in [2.05, 4.69) is 0 Å². The van der Waals surface area contributed by atoms with E-state index < -0.39 is 10.0 Å². The van der Waals surface area contributed by atoms with Crippen LogP contribution in [0.25, 0.3) is 0 Å². The van der Waals surface area contributed by atoms with Gasteiger partial charge in [-0.1, -0.05) is 18.2 Å². The molecule has 0 aromatic heterocycles. The number of hydrogen-bond acceptors (Lipinski definition) is 4. The average Bonchev–Trinajstić information content (AvgIpc) is 2.46. The van der Waals surface area contributed by atoms with Gasteiger partial charge in [-0.15, -0.1) is 0 Å². The Morgan fingerprint density at radius 1 is 1.15 bits per heavy atom. The molecule has 0 amide bonds. The molecular weight excluding hydrogens is 274 g/mol. The van der Waals surface area contributed by atoms with Crippen LogP contribution < -0.4 is 10.0 Å². The van der Waals surface area contributed by atoms with Crippen LogP contribution in [0.3, 0.4) is 0 Å². The van der Waals surface area contributed by atoms with E-state index >= 15 is 0 Å². The number of nitrogens with two attached hydrogens (primary N) is 1. The fraction of sp³-hybridized carbons (Fsp3) is 0.0714. The molecule has 0 fully saturated rings. The molecule has 0 spiro atoms. The Balaban J connectivity index is 2.49. The van der Waals surface area contributed by atoms with Gasteiger partial charge in [-0.2, -0.15) is 5.26 Å². The molecule has 0 bridgehead atoms. The summed E-state index contributed by atoms with van der Waals surface area (Å²) in [7, 11) is -2.32. The van der Waals surface area contributed by atoms with E-state index in [1.165, 1.54) is 25.2 Å². The molecule has 0 aliphatic carbocycles. The molecule has 102 valence electrons. The highest BCUT2D eigenvalue weighted by Crippen LogP contribution is 2.25. The summed E-state index contributed by atoms with van der Waals surface area (Å²) >= 11 is 0. The first kappa shape index (κ1) is 13.9. The topological polar surface area (TPSA) is 87.2 Å². The SMILES string of the molecule is CN(c1cccc(C#N)c1)S(=O)(=O)c1ccccc1N. The highest BCUT2D eigenvalue weighted by molar-refractivity contribution is 7.93. The summed E-state index contributed by atoms with van der Waals surface area (Å²) in [6.07, 6.45) is 0. The number of anilines is 2. The van der Waals surface area contributed by atoms with Gasteiger partial charge in [0.15, 0.2) is 0 Å². The van der Waals surface area contributed by atoms with E-state index in [1.807, 2.05) is 6.07 Å². The lowest BCUT2D eigenvalue weighted by atomic mass is 10.2. The Labute approximate surface area is 117 Å². The fourth-order valence-corrected chi connectivity index (χ4v) is 3.08. The van der Waals surface area contributed by atoms with Crippen LogP contribution in [0.5, 0.6) is 0 Å². The minimum atomic E-state index is -3.75. The number of benzene rings is 2. The van der Waals surface area contributed by atoms with Crippen LogP contribution >= 0.6 is 0 Å². The molecule has 0 unspecified atom stereocenters. The van der Waals surface area contributed by atoms with Crippen molar-refractivity contribution in [3.8, 4) is 6.07 Å². The minimum absolute atomic E-state index is 0.0462. The maximum absolute atomic E-state index is 12.5. The molecule has 0 heterocycles. The maximum Gasteiger partial charge on any atom is 0.266 e. The molecule has 20 heavy (non-hydrogen) atoms. The molecule has 5 nitrogen and oxygen atoms in total. The van der Waals surface area contributed by atoms with Gasteiger partial charge < -0.3 is 5.73 Å². The fourth-order valence-electron chi connectivity index (χ4n) is 1.77. The van der Waals surface area contributed by atoms with Gasteiger partial charge in [-0.3, -0.25) is 4.31 Å². The zero-order valence-corrected chi connectivity index (χ0v) is 11.6. The summed E-state index contributed by atoms with van der Waals surface area (Å²) in [4.78, 5) is 0.0462. The van der Waals surface area contributed by atoms with E-state index in [1.54, 1.807) is 30.3 Å². The molecule has 0 saturated carbocycles. The summed E-state index contributed by atoms with van der Waals surface area (Å²) in [5.74, 6) is 0. The van der Waals surface area contributed by atoms with Crippen LogP contribution in [-0.2, 0) is 10.0 Å². The Kier molecular flexibility index (Phi) is 3.63. The second kappa shape index (κ2) is 5.23. The first-order chi connectivity index (χ1) is 9.46. The number of nitrogens with zero attached hydrogens (tertiary/aromatic N) is 2. The Morgan fingerprint density at radius 3 is 2.50 bits per heavy atom. The van der Waals surface area contributed by atoms with Crippen molar-refractivity contribution in [2.75, 3.05) is 17.1 Å². The summed E-state index contributed by atoms with van der Waals surface area (Å²) in [5.41, 5.74) is 6.71. The van der Waals surface area contributed by atoms with E-state index in [0.29, 0.717) is 11.3 Å². The summed E-state index contributed by atoms with van der Waals surface area (Å²) in [5, 5.41) is 8.87. The number of sulfonamides is 1. The summed E-state index contributed by atoms with van der Waals surface area (Å²) in [6, 6.07) is 14.6. The van der Waals surface area contributed by atoms with Gasteiger partial charge in [0.2, 0.25) is 0 Å². The lowest BCUT2D eigenvalue weighted by Gasteiger charge is -2.20. The molecule has 0 atom stereocenters. The largest absolute Gasteiger partial charge is 0.398 e. The smallest absolute Gasteiger partial charge is 0.266 e. The van der Waals surface area contributed by atoms with Crippen molar-refractivity contribution in [2.24, 2.45) is 0 Å². The maximum atomic E-state index is 12.5. The standard InChI is InChI=1S/C14H13N3O2S/c1-17(12-6-4-5-11(9-12)10-15)20(18,19)14-8-3-2-7-13(14)16/h2-9H,16H2,1H3. The monoisotopic (exact) mass is 287 g/mol. The highest BCUT2D eigenvalue weighted by atomic mass is 32.2. The average molecular weight is 287 g/mol.